The van der Waals surface area contributed by atoms with E-state index in [-0.39, 0.29) is 0 Å². The summed E-state index contributed by atoms with van der Waals surface area (Å²) in [6, 6.07) is 5.90. The van der Waals surface area contributed by atoms with Crippen LogP contribution in [0.25, 0.3) is 11.0 Å². The van der Waals surface area contributed by atoms with Gasteiger partial charge < -0.3 is 0 Å². The Labute approximate surface area is 74.9 Å². The standard InChI is InChI=1S/C8H8ClN3/c1-12-8-4-6(5-9)2-3-7(8)10-11-12/h2-4H,5H2,1H3. The molecule has 0 unspecified atom stereocenters. The summed E-state index contributed by atoms with van der Waals surface area (Å²) in [6.07, 6.45) is 0. The monoisotopic (exact) mass is 181 g/mol. The van der Waals surface area contributed by atoms with Crippen LogP contribution in [0.2, 0.25) is 0 Å². The summed E-state index contributed by atoms with van der Waals surface area (Å²) in [4.78, 5) is 0. The maximum Gasteiger partial charge on any atom is 0.113 e. The second-order valence-electron chi connectivity index (χ2n) is 2.67. The van der Waals surface area contributed by atoms with E-state index < -0.39 is 0 Å². The van der Waals surface area contributed by atoms with E-state index in [4.69, 9.17) is 11.6 Å². The zero-order valence-electron chi connectivity index (χ0n) is 6.66. The van der Waals surface area contributed by atoms with Crippen LogP contribution < -0.4 is 0 Å². The number of fused-ring (bicyclic) bond motifs is 1. The molecule has 0 atom stereocenters. The molecule has 2 aromatic rings. The van der Waals surface area contributed by atoms with Gasteiger partial charge in [-0.15, -0.1) is 16.7 Å². The minimum atomic E-state index is 0.529. The average molecular weight is 182 g/mol. The van der Waals surface area contributed by atoms with Crippen LogP contribution in [0.1, 0.15) is 5.56 Å². The number of halogens is 1. The van der Waals surface area contributed by atoms with Crippen LogP contribution in [0.5, 0.6) is 0 Å². The molecule has 0 aliphatic heterocycles. The molecule has 0 N–H and O–H groups in total. The molecule has 1 heterocycles. The molecule has 12 heavy (non-hydrogen) atoms. The first-order valence-electron chi connectivity index (χ1n) is 3.65. The number of benzene rings is 1. The van der Waals surface area contributed by atoms with Crippen molar-refractivity contribution in [2.75, 3.05) is 0 Å². The molecule has 0 aliphatic carbocycles. The quantitative estimate of drug-likeness (QED) is 0.627. The van der Waals surface area contributed by atoms with Crippen LogP contribution in [-0.2, 0) is 12.9 Å². The highest BCUT2D eigenvalue weighted by molar-refractivity contribution is 6.17. The molecule has 0 fully saturated rings. The molecule has 3 nitrogen and oxygen atoms in total. The van der Waals surface area contributed by atoms with E-state index in [0.717, 1.165) is 16.6 Å². The topological polar surface area (TPSA) is 30.7 Å². The Bertz CT molecular complexity index is 408. The molecule has 1 aromatic heterocycles. The van der Waals surface area contributed by atoms with E-state index >= 15 is 0 Å². The third-order valence-corrected chi connectivity index (χ3v) is 2.14. The van der Waals surface area contributed by atoms with Crippen LogP contribution in [0.15, 0.2) is 18.2 Å². The summed E-state index contributed by atoms with van der Waals surface area (Å²) in [5.74, 6) is 0.529. The van der Waals surface area contributed by atoms with Gasteiger partial charge in [0.15, 0.2) is 0 Å². The zero-order chi connectivity index (χ0) is 8.55. The molecule has 62 valence electrons. The van der Waals surface area contributed by atoms with Crippen molar-refractivity contribution in [2.24, 2.45) is 7.05 Å². The largest absolute Gasteiger partial charge is 0.248 e. The SMILES string of the molecule is Cn1nnc2ccc(CCl)cc21. The fourth-order valence-corrected chi connectivity index (χ4v) is 1.33. The van der Waals surface area contributed by atoms with Crippen molar-refractivity contribution in [3.8, 4) is 0 Å². The van der Waals surface area contributed by atoms with Gasteiger partial charge in [-0.3, -0.25) is 0 Å². The van der Waals surface area contributed by atoms with E-state index in [9.17, 15) is 0 Å². The fraction of sp³-hybridized carbons (Fsp3) is 0.250. The Kier molecular flexibility index (Phi) is 1.73. The molecule has 2 rings (SSSR count). The first kappa shape index (κ1) is 7.55. The van der Waals surface area contributed by atoms with Gasteiger partial charge in [0.05, 0.1) is 5.52 Å². The Morgan fingerprint density at radius 2 is 2.33 bits per heavy atom. The lowest BCUT2D eigenvalue weighted by Crippen LogP contribution is -1.89. The van der Waals surface area contributed by atoms with Gasteiger partial charge in [-0.1, -0.05) is 11.3 Å². The molecular weight excluding hydrogens is 174 g/mol. The van der Waals surface area contributed by atoms with Crippen molar-refractivity contribution in [1.29, 1.82) is 0 Å². The van der Waals surface area contributed by atoms with E-state index in [1.807, 2.05) is 25.2 Å². The van der Waals surface area contributed by atoms with E-state index in [1.54, 1.807) is 4.68 Å². The second kappa shape index (κ2) is 2.75. The minimum Gasteiger partial charge on any atom is -0.248 e. The van der Waals surface area contributed by atoms with E-state index in [2.05, 4.69) is 10.3 Å². The van der Waals surface area contributed by atoms with Crippen molar-refractivity contribution in [3.05, 3.63) is 23.8 Å². The van der Waals surface area contributed by atoms with Crippen LogP contribution in [0.4, 0.5) is 0 Å². The summed E-state index contributed by atoms with van der Waals surface area (Å²) in [5, 5.41) is 7.86. The number of aryl methyl sites for hydroxylation is 1. The van der Waals surface area contributed by atoms with Gasteiger partial charge in [0, 0.05) is 12.9 Å². The molecule has 1 aromatic carbocycles. The minimum absolute atomic E-state index is 0.529. The van der Waals surface area contributed by atoms with Crippen molar-refractivity contribution < 1.29 is 0 Å². The smallest absolute Gasteiger partial charge is 0.113 e. The maximum atomic E-state index is 5.70. The first-order chi connectivity index (χ1) is 5.81. The van der Waals surface area contributed by atoms with Gasteiger partial charge in [0.1, 0.15) is 5.52 Å². The van der Waals surface area contributed by atoms with Crippen LogP contribution in [-0.4, -0.2) is 15.0 Å². The number of nitrogens with zero attached hydrogens (tertiary/aromatic N) is 3. The van der Waals surface area contributed by atoms with Gasteiger partial charge in [-0.2, -0.15) is 0 Å². The van der Waals surface area contributed by atoms with Crippen LogP contribution in [0, 0.1) is 0 Å². The van der Waals surface area contributed by atoms with E-state index in [1.165, 1.54) is 0 Å². The first-order valence-corrected chi connectivity index (χ1v) is 4.19. The predicted molar refractivity (Wildman–Crippen MR) is 48.1 cm³/mol. The Hall–Kier alpha value is -1.09. The molecular formula is C8H8ClN3. The number of hydrogen-bond donors (Lipinski definition) is 0. The fourth-order valence-electron chi connectivity index (χ4n) is 1.16. The third-order valence-electron chi connectivity index (χ3n) is 1.83. The highest BCUT2D eigenvalue weighted by Gasteiger charge is 2.00. The van der Waals surface area contributed by atoms with Crippen LogP contribution in [0.3, 0.4) is 0 Å². The lowest BCUT2D eigenvalue weighted by atomic mass is 10.2. The molecule has 0 bridgehead atoms. The molecule has 0 saturated carbocycles. The lowest BCUT2D eigenvalue weighted by molar-refractivity contribution is 0.736. The maximum absolute atomic E-state index is 5.70. The van der Waals surface area contributed by atoms with Crippen LogP contribution >= 0.6 is 11.6 Å². The van der Waals surface area contributed by atoms with Gasteiger partial charge in [-0.25, -0.2) is 4.68 Å². The van der Waals surface area contributed by atoms with E-state index in [0.29, 0.717) is 5.88 Å². The lowest BCUT2D eigenvalue weighted by Gasteiger charge is -1.95. The normalized spacial score (nSPS) is 10.8. The van der Waals surface area contributed by atoms with Gasteiger partial charge >= 0.3 is 0 Å². The summed E-state index contributed by atoms with van der Waals surface area (Å²) >= 11 is 5.70. The summed E-state index contributed by atoms with van der Waals surface area (Å²) in [7, 11) is 1.87. The summed E-state index contributed by atoms with van der Waals surface area (Å²) in [6.45, 7) is 0. The van der Waals surface area contributed by atoms with Gasteiger partial charge in [-0.05, 0) is 17.7 Å². The van der Waals surface area contributed by atoms with Crippen molar-refractivity contribution >= 4 is 22.6 Å². The summed E-state index contributed by atoms with van der Waals surface area (Å²) in [5.41, 5.74) is 3.02. The third kappa shape index (κ3) is 1.06. The van der Waals surface area contributed by atoms with Gasteiger partial charge in [0.25, 0.3) is 0 Å². The molecule has 4 heteroatoms. The zero-order valence-corrected chi connectivity index (χ0v) is 7.41. The number of aromatic nitrogens is 3. The summed E-state index contributed by atoms with van der Waals surface area (Å²) < 4.78 is 1.74. The second-order valence-corrected chi connectivity index (χ2v) is 2.94. The number of hydrogen-bond acceptors (Lipinski definition) is 2. The molecule has 0 amide bonds. The Balaban J connectivity index is 2.71. The van der Waals surface area contributed by atoms with Crippen molar-refractivity contribution in [1.82, 2.24) is 15.0 Å². The molecule has 0 radical (unpaired) electrons. The van der Waals surface area contributed by atoms with Crippen molar-refractivity contribution in [3.63, 3.8) is 0 Å². The molecule has 0 saturated heterocycles. The molecule has 0 aliphatic rings. The highest BCUT2D eigenvalue weighted by Crippen LogP contribution is 2.13. The highest BCUT2D eigenvalue weighted by atomic mass is 35.5. The Morgan fingerprint density at radius 3 is 3.08 bits per heavy atom. The van der Waals surface area contributed by atoms with Gasteiger partial charge in [0.2, 0.25) is 0 Å². The predicted octanol–water partition coefficient (Wildman–Crippen LogP) is 1.71. The van der Waals surface area contributed by atoms with Crippen molar-refractivity contribution in [2.45, 2.75) is 5.88 Å². The average Bonchev–Trinajstić information content (AvgIpc) is 2.47. The Morgan fingerprint density at radius 1 is 1.50 bits per heavy atom. The molecule has 0 spiro atoms. The number of rotatable bonds is 1. The number of alkyl halides is 1.